The van der Waals surface area contributed by atoms with Crippen LogP contribution in [0.2, 0.25) is 0 Å². The number of rotatable bonds is 17. The fourth-order valence-electron chi connectivity index (χ4n) is 4.83. The fraction of sp³-hybridized carbons (Fsp3) is 0.467. The summed E-state index contributed by atoms with van der Waals surface area (Å²) in [6, 6.07) is 10.8. The highest BCUT2D eigenvalue weighted by Crippen LogP contribution is 2.22. The van der Waals surface area contributed by atoms with Crippen LogP contribution in [-0.2, 0) is 22.4 Å². The van der Waals surface area contributed by atoms with Crippen LogP contribution in [0.15, 0.2) is 55.0 Å². The summed E-state index contributed by atoms with van der Waals surface area (Å²) in [5, 5.41) is 16.3. The number of nitrogens with one attached hydrogen (secondary N) is 2. The molecule has 0 radical (unpaired) electrons. The van der Waals surface area contributed by atoms with Crippen LogP contribution in [0, 0.1) is 0 Å². The quantitative estimate of drug-likeness (QED) is 0.199. The smallest absolute Gasteiger partial charge is 0.326 e. The fourth-order valence-corrected chi connectivity index (χ4v) is 4.83. The van der Waals surface area contributed by atoms with E-state index < -0.39 is 25.0 Å². The molecular weight excluding hydrogens is 530 g/mol. The number of carboxylic acid groups (broad SMARTS) is 1. The Morgan fingerprint density at radius 2 is 1.90 bits per heavy atom. The lowest BCUT2D eigenvalue weighted by molar-refractivity contribution is -0.138. The molecule has 1 aliphatic heterocycles. The summed E-state index contributed by atoms with van der Waals surface area (Å²) in [5.41, 5.74) is 4.16. The van der Waals surface area contributed by atoms with Crippen LogP contribution in [0.1, 0.15) is 36.9 Å². The first-order valence-corrected chi connectivity index (χ1v) is 14.1. The minimum absolute atomic E-state index is 0.156. The van der Waals surface area contributed by atoms with Crippen LogP contribution >= 0.6 is 0 Å². The van der Waals surface area contributed by atoms with Gasteiger partial charge >= 0.3 is 5.97 Å². The third-order valence-corrected chi connectivity index (χ3v) is 7.03. The number of pyridine rings is 3. The summed E-state index contributed by atoms with van der Waals surface area (Å²) in [6.45, 7) is 2.10. The standard InChI is InChI=1S/C30H38F2N6O3/c31-27(32)21-41-19-18-38(16-2-1-5-25-7-6-23-4-3-12-35-29(23)36-25)17-11-26(30(39)40)37-28-20-24(10-15-34-28)22-8-13-33-14-9-22/h6-10,13-15,20,26-27H,1-5,11-12,16-19,21H2,(H,34,37)(H,35,36)(H,39,40)/t26-/m0/s1. The molecule has 0 saturated carbocycles. The van der Waals surface area contributed by atoms with E-state index in [-0.39, 0.29) is 6.61 Å². The highest BCUT2D eigenvalue weighted by molar-refractivity contribution is 5.77. The van der Waals surface area contributed by atoms with Gasteiger partial charge in [-0.2, -0.15) is 0 Å². The van der Waals surface area contributed by atoms with Crippen molar-refractivity contribution in [3.8, 4) is 11.1 Å². The number of halogens is 2. The van der Waals surface area contributed by atoms with Crippen LogP contribution in [0.4, 0.5) is 20.4 Å². The summed E-state index contributed by atoms with van der Waals surface area (Å²) in [7, 11) is 0. The maximum atomic E-state index is 12.5. The molecule has 0 fully saturated rings. The van der Waals surface area contributed by atoms with Crippen molar-refractivity contribution >= 4 is 17.6 Å². The van der Waals surface area contributed by atoms with Gasteiger partial charge in [0.15, 0.2) is 0 Å². The Morgan fingerprint density at radius 1 is 1.07 bits per heavy atom. The predicted octanol–water partition coefficient (Wildman–Crippen LogP) is 4.76. The minimum atomic E-state index is -2.52. The second kappa shape index (κ2) is 15.9. The Hall–Kier alpha value is -3.70. The number of hydrogen-bond donors (Lipinski definition) is 3. The van der Waals surface area contributed by atoms with Gasteiger partial charge < -0.3 is 25.4 Å². The van der Waals surface area contributed by atoms with Crippen LogP contribution in [0.25, 0.3) is 11.1 Å². The number of ether oxygens (including phenoxy) is 1. The molecule has 3 aromatic rings. The van der Waals surface area contributed by atoms with Gasteiger partial charge in [0.25, 0.3) is 6.43 Å². The van der Waals surface area contributed by atoms with Crippen molar-refractivity contribution in [1.82, 2.24) is 19.9 Å². The van der Waals surface area contributed by atoms with E-state index in [0.29, 0.717) is 31.9 Å². The normalized spacial score (nSPS) is 13.6. The number of anilines is 2. The molecular formula is C30H38F2N6O3. The molecule has 1 atom stereocenters. The van der Waals surface area contributed by atoms with E-state index >= 15 is 0 Å². The van der Waals surface area contributed by atoms with Gasteiger partial charge in [-0.05, 0) is 92.1 Å². The highest BCUT2D eigenvalue weighted by Gasteiger charge is 2.20. The number of hydrogen-bond acceptors (Lipinski definition) is 8. The zero-order valence-electron chi connectivity index (χ0n) is 23.1. The van der Waals surface area contributed by atoms with Crippen molar-refractivity contribution in [3.63, 3.8) is 0 Å². The monoisotopic (exact) mass is 568 g/mol. The van der Waals surface area contributed by atoms with Gasteiger partial charge in [0.05, 0.1) is 6.61 Å². The molecule has 0 bridgehead atoms. The number of carbonyl (C=O) groups is 1. The van der Waals surface area contributed by atoms with Crippen molar-refractivity contribution < 1.29 is 23.4 Å². The van der Waals surface area contributed by atoms with E-state index in [1.807, 2.05) is 24.3 Å². The van der Waals surface area contributed by atoms with Crippen LogP contribution in [0.3, 0.4) is 0 Å². The van der Waals surface area contributed by atoms with Crippen LogP contribution in [0.5, 0.6) is 0 Å². The molecule has 0 amide bonds. The number of aromatic nitrogens is 3. The summed E-state index contributed by atoms with van der Waals surface area (Å²) in [5.74, 6) is 0.465. The Bertz CT molecular complexity index is 1230. The summed E-state index contributed by atoms with van der Waals surface area (Å²) >= 11 is 0. The molecule has 41 heavy (non-hydrogen) atoms. The zero-order valence-corrected chi connectivity index (χ0v) is 23.1. The van der Waals surface area contributed by atoms with Gasteiger partial charge in [-0.3, -0.25) is 4.98 Å². The van der Waals surface area contributed by atoms with Crippen molar-refractivity contribution in [2.45, 2.75) is 51.0 Å². The number of unbranched alkanes of at least 4 members (excludes halogenated alkanes) is 1. The summed E-state index contributed by atoms with van der Waals surface area (Å²) in [4.78, 5) is 27.3. The number of alkyl halides is 2. The zero-order chi connectivity index (χ0) is 28.9. The molecule has 0 spiro atoms. The molecule has 0 aliphatic carbocycles. The lowest BCUT2D eigenvalue weighted by Gasteiger charge is -2.24. The average molecular weight is 569 g/mol. The molecule has 0 saturated heterocycles. The Labute approximate surface area is 239 Å². The molecule has 4 rings (SSSR count). The molecule has 9 nitrogen and oxygen atoms in total. The highest BCUT2D eigenvalue weighted by atomic mass is 19.3. The van der Waals surface area contributed by atoms with Gasteiger partial charge in [0, 0.05) is 43.9 Å². The first-order chi connectivity index (χ1) is 20.0. The average Bonchev–Trinajstić information content (AvgIpc) is 2.99. The van der Waals surface area contributed by atoms with E-state index in [1.54, 1.807) is 18.6 Å². The maximum Gasteiger partial charge on any atom is 0.326 e. The lowest BCUT2D eigenvalue weighted by Crippen LogP contribution is -2.37. The number of nitrogens with zero attached hydrogens (tertiary/aromatic N) is 4. The van der Waals surface area contributed by atoms with E-state index in [2.05, 4.69) is 37.6 Å². The van der Waals surface area contributed by atoms with E-state index in [1.165, 1.54) is 5.56 Å². The Balaban J connectivity index is 1.30. The molecule has 3 aromatic heterocycles. The maximum absolute atomic E-state index is 12.5. The van der Waals surface area contributed by atoms with Gasteiger partial charge in [-0.25, -0.2) is 23.5 Å². The first kappa shape index (κ1) is 30.3. The number of aliphatic carboxylic acids is 1. The number of carboxylic acids is 1. The second-order valence-electron chi connectivity index (χ2n) is 10.1. The number of aryl methyl sites for hydroxylation is 2. The van der Waals surface area contributed by atoms with Gasteiger partial charge in [0.1, 0.15) is 24.3 Å². The van der Waals surface area contributed by atoms with E-state index in [0.717, 1.165) is 61.3 Å². The summed E-state index contributed by atoms with van der Waals surface area (Å²) < 4.78 is 30.2. The van der Waals surface area contributed by atoms with Crippen molar-refractivity contribution in [3.05, 3.63) is 66.2 Å². The Morgan fingerprint density at radius 3 is 2.71 bits per heavy atom. The SMILES string of the molecule is O=C(O)[C@H](CCN(CCCCc1ccc2c(n1)NCCC2)CCOCC(F)F)Nc1cc(-c2ccncc2)ccn1. The molecule has 11 heteroatoms. The van der Waals surface area contributed by atoms with E-state index in [9.17, 15) is 18.7 Å². The minimum Gasteiger partial charge on any atom is -0.480 e. The van der Waals surface area contributed by atoms with Crippen molar-refractivity contribution in [2.75, 3.05) is 50.0 Å². The van der Waals surface area contributed by atoms with Crippen LogP contribution in [-0.4, -0.2) is 82.8 Å². The molecule has 0 unspecified atom stereocenters. The topological polar surface area (TPSA) is 112 Å². The van der Waals surface area contributed by atoms with Crippen molar-refractivity contribution in [1.29, 1.82) is 0 Å². The Kier molecular flexibility index (Phi) is 11.8. The van der Waals surface area contributed by atoms with Gasteiger partial charge in [0.2, 0.25) is 0 Å². The first-order valence-electron chi connectivity index (χ1n) is 14.1. The third kappa shape index (κ3) is 10.0. The lowest BCUT2D eigenvalue weighted by atomic mass is 10.1. The molecule has 4 heterocycles. The predicted molar refractivity (Wildman–Crippen MR) is 154 cm³/mol. The molecule has 3 N–H and O–H groups in total. The van der Waals surface area contributed by atoms with Crippen molar-refractivity contribution in [2.24, 2.45) is 0 Å². The van der Waals surface area contributed by atoms with Gasteiger partial charge in [-0.1, -0.05) is 6.07 Å². The largest absolute Gasteiger partial charge is 0.480 e. The molecule has 220 valence electrons. The van der Waals surface area contributed by atoms with Crippen LogP contribution < -0.4 is 10.6 Å². The second-order valence-corrected chi connectivity index (χ2v) is 10.1. The molecule has 1 aliphatic rings. The van der Waals surface area contributed by atoms with Gasteiger partial charge in [-0.15, -0.1) is 0 Å². The third-order valence-electron chi connectivity index (χ3n) is 7.03. The molecule has 0 aromatic carbocycles. The summed E-state index contributed by atoms with van der Waals surface area (Å²) in [6.07, 6.45) is 7.61. The van der Waals surface area contributed by atoms with E-state index in [4.69, 9.17) is 9.72 Å². The number of fused-ring (bicyclic) bond motifs is 1.